The van der Waals surface area contributed by atoms with E-state index in [1.54, 1.807) is 0 Å². The molecule has 1 heterocycles. The van der Waals surface area contributed by atoms with Gasteiger partial charge in [0, 0.05) is 11.6 Å². The molecule has 0 unspecified atom stereocenters. The number of carbonyl (C=O) groups excluding carboxylic acids is 1. The van der Waals surface area contributed by atoms with Gasteiger partial charge >= 0.3 is 12.1 Å². The molecule has 22 heavy (non-hydrogen) atoms. The van der Waals surface area contributed by atoms with Crippen LogP contribution >= 0.6 is 0 Å². The number of esters is 1. The van der Waals surface area contributed by atoms with Crippen molar-refractivity contribution in [1.29, 1.82) is 0 Å². The second kappa shape index (κ2) is 5.74. The van der Waals surface area contributed by atoms with Crippen LogP contribution in [0.1, 0.15) is 21.7 Å². The number of methoxy groups -OCH3 is 1. The van der Waals surface area contributed by atoms with E-state index < -0.39 is 47.3 Å². The summed E-state index contributed by atoms with van der Waals surface area (Å²) in [5, 5.41) is 3.19. The number of alkyl halides is 3. The summed E-state index contributed by atoms with van der Waals surface area (Å²) in [5.41, 5.74) is -2.42. The van der Waals surface area contributed by atoms with Crippen molar-refractivity contribution in [2.75, 3.05) is 7.11 Å². The Morgan fingerprint density at radius 1 is 1.27 bits per heavy atom. The monoisotopic (exact) mass is 320 g/mol. The van der Waals surface area contributed by atoms with Gasteiger partial charge in [-0.05, 0) is 12.1 Å². The Balaban J connectivity index is 2.50. The van der Waals surface area contributed by atoms with Crippen molar-refractivity contribution in [3.05, 3.63) is 52.9 Å². The number of aromatic nitrogens is 2. The number of hydrogen-bond donors (Lipinski definition) is 0. The molecule has 1 aromatic carbocycles. The summed E-state index contributed by atoms with van der Waals surface area (Å²) in [7, 11) is 0.969. The summed E-state index contributed by atoms with van der Waals surface area (Å²) in [6.45, 7) is -0.682. The second-order valence-electron chi connectivity index (χ2n) is 4.26. The summed E-state index contributed by atoms with van der Waals surface area (Å²) < 4.78 is 70.1. The fourth-order valence-electron chi connectivity index (χ4n) is 1.78. The lowest BCUT2D eigenvalue weighted by Crippen LogP contribution is -2.15. The number of hydrogen-bond acceptors (Lipinski definition) is 3. The van der Waals surface area contributed by atoms with Crippen LogP contribution in [0.3, 0.4) is 0 Å². The fourth-order valence-corrected chi connectivity index (χ4v) is 1.78. The molecule has 0 aliphatic rings. The van der Waals surface area contributed by atoms with Crippen LogP contribution in [0, 0.1) is 11.6 Å². The predicted octanol–water partition coefficient (Wildman–Crippen LogP) is 3.02. The number of carbonyl (C=O) groups is 1. The highest BCUT2D eigenvalue weighted by Crippen LogP contribution is 2.29. The molecule has 0 amide bonds. The van der Waals surface area contributed by atoms with E-state index in [2.05, 4.69) is 9.84 Å². The molecule has 0 saturated carbocycles. The van der Waals surface area contributed by atoms with Gasteiger partial charge in [0.05, 0.1) is 13.7 Å². The highest BCUT2D eigenvalue weighted by Gasteiger charge is 2.36. The van der Waals surface area contributed by atoms with E-state index in [0.29, 0.717) is 10.7 Å². The van der Waals surface area contributed by atoms with Crippen molar-refractivity contribution in [2.24, 2.45) is 0 Å². The first-order chi connectivity index (χ1) is 10.2. The predicted molar refractivity (Wildman–Crippen MR) is 64.0 cm³/mol. The van der Waals surface area contributed by atoms with Crippen LogP contribution in [0.4, 0.5) is 22.0 Å². The lowest BCUT2D eigenvalue weighted by molar-refractivity contribution is -0.141. The van der Waals surface area contributed by atoms with Crippen LogP contribution in [0.25, 0.3) is 0 Å². The molecule has 4 nitrogen and oxygen atoms in total. The minimum Gasteiger partial charge on any atom is -0.464 e. The zero-order valence-corrected chi connectivity index (χ0v) is 11.1. The first-order valence-corrected chi connectivity index (χ1v) is 5.90. The normalized spacial score (nSPS) is 11.5. The molecule has 1 aromatic heterocycles. The van der Waals surface area contributed by atoms with E-state index in [9.17, 15) is 26.7 Å². The summed E-state index contributed by atoms with van der Waals surface area (Å²) in [6.07, 6.45) is -4.80. The van der Waals surface area contributed by atoms with Gasteiger partial charge in [-0.3, -0.25) is 4.68 Å². The third kappa shape index (κ3) is 3.07. The minimum absolute atomic E-state index is 0.463. The number of benzene rings is 1. The molecule has 2 rings (SSSR count). The molecule has 0 aliphatic carbocycles. The van der Waals surface area contributed by atoms with Gasteiger partial charge in [-0.15, -0.1) is 0 Å². The maximum atomic E-state index is 13.6. The molecule has 0 aliphatic heterocycles. The second-order valence-corrected chi connectivity index (χ2v) is 4.26. The zero-order valence-electron chi connectivity index (χ0n) is 11.1. The molecule has 0 atom stereocenters. The number of ether oxygens (including phenoxy) is 1. The van der Waals surface area contributed by atoms with Gasteiger partial charge in [-0.2, -0.15) is 18.3 Å². The average molecular weight is 320 g/mol. The Hall–Kier alpha value is -2.45. The van der Waals surface area contributed by atoms with Crippen LogP contribution in [0.15, 0.2) is 24.3 Å². The van der Waals surface area contributed by atoms with Gasteiger partial charge in [-0.25, -0.2) is 13.6 Å². The Bertz CT molecular complexity index is 689. The van der Waals surface area contributed by atoms with E-state index in [-0.39, 0.29) is 0 Å². The van der Waals surface area contributed by atoms with Crippen LogP contribution < -0.4 is 0 Å². The maximum Gasteiger partial charge on any atom is 0.435 e. The Morgan fingerprint density at radius 3 is 2.36 bits per heavy atom. The average Bonchev–Trinajstić information content (AvgIpc) is 2.86. The van der Waals surface area contributed by atoms with Gasteiger partial charge in [-0.1, -0.05) is 6.07 Å². The molecule has 118 valence electrons. The van der Waals surface area contributed by atoms with Crippen molar-refractivity contribution in [2.45, 2.75) is 12.7 Å². The van der Waals surface area contributed by atoms with E-state index in [1.807, 2.05) is 0 Å². The standard InChI is InChI=1S/C13H9F5N2O2/c1-22-12(21)10-5-11(13(16,17)18)19-20(10)6-7-8(14)3-2-4-9(7)15/h2-5H,6H2,1H3. The van der Waals surface area contributed by atoms with E-state index in [4.69, 9.17) is 0 Å². The summed E-state index contributed by atoms with van der Waals surface area (Å²) >= 11 is 0. The lowest BCUT2D eigenvalue weighted by Gasteiger charge is -2.08. The molecule has 0 bridgehead atoms. The molecule has 0 fully saturated rings. The van der Waals surface area contributed by atoms with Gasteiger partial charge < -0.3 is 4.74 Å². The van der Waals surface area contributed by atoms with Crippen molar-refractivity contribution >= 4 is 5.97 Å². The van der Waals surface area contributed by atoms with Crippen LogP contribution in [-0.2, 0) is 17.5 Å². The zero-order chi connectivity index (χ0) is 16.5. The maximum absolute atomic E-state index is 13.6. The molecular formula is C13H9F5N2O2. The van der Waals surface area contributed by atoms with Crippen molar-refractivity contribution in [3.63, 3.8) is 0 Å². The quantitative estimate of drug-likeness (QED) is 0.645. The molecule has 2 aromatic rings. The number of halogens is 5. The first kappa shape index (κ1) is 15.9. The van der Waals surface area contributed by atoms with Gasteiger partial charge in [0.15, 0.2) is 5.69 Å². The van der Waals surface area contributed by atoms with Crippen LogP contribution in [0.5, 0.6) is 0 Å². The van der Waals surface area contributed by atoms with Crippen LogP contribution in [-0.4, -0.2) is 22.9 Å². The summed E-state index contributed by atoms with van der Waals surface area (Å²) in [4.78, 5) is 11.5. The highest BCUT2D eigenvalue weighted by molar-refractivity contribution is 5.87. The van der Waals surface area contributed by atoms with Gasteiger partial charge in [0.1, 0.15) is 17.3 Å². The smallest absolute Gasteiger partial charge is 0.435 e. The van der Waals surface area contributed by atoms with Gasteiger partial charge in [0.2, 0.25) is 0 Å². The van der Waals surface area contributed by atoms with E-state index >= 15 is 0 Å². The molecule has 0 N–H and O–H groups in total. The Labute approximate surface area is 121 Å². The highest BCUT2D eigenvalue weighted by atomic mass is 19.4. The Morgan fingerprint density at radius 2 is 1.86 bits per heavy atom. The number of nitrogens with zero attached hydrogens (tertiary/aromatic N) is 2. The molecular weight excluding hydrogens is 311 g/mol. The summed E-state index contributed by atoms with van der Waals surface area (Å²) in [5.74, 6) is -3.01. The summed E-state index contributed by atoms with van der Waals surface area (Å²) in [6, 6.07) is 3.47. The number of rotatable bonds is 3. The van der Waals surface area contributed by atoms with Crippen molar-refractivity contribution in [1.82, 2.24) is 9.78 Å². The van der Waals surface area contributed by atoms with Gasteiger partial charge in [0.25, 0.3) is 0 Å². The molecule has 0 spiro atoms. The molecule has 0 radical (unpaired) electrons. The topological polar surface area (TPSA) is 44.1 Å². The minimum atomic E-state index is -4.80. The van der Waals surface area contributed by atoms with E-state index in [0.717, 1.165) is 25.3 Å². The van der Waals surface area contributed by atoms with Crippen LogP contribution in [0.2, 0.25) is 0 Å². The first-order valence-electron chi connectivity index (χ1n) is 5.90. The Kier molecular flexibility index (Phi) is 4.16. The fraction of sp³-hybridized carbons (Fsp3) is 0.231. The largest absolute Gasteiger partial charge is 0.464 e. The third-order valence-corrected chi connectivity index (χ3v) is 2.83. The molecule has 9 heteroatoms. The van der Waals surface area contributed by atoms with Crippen molar-refractivity contribution in [3.8, 4) is 0 Å². The third-order valence-electron chi connectivity index (χ3n) is 2.83. The van der Waals surface area contributed by atoms with Crippen molar-refractivity contribution < 1.29 is 31.5 Å². The lowest BCUT2D eigenvalue weighted by atomic mass is 10.2. The molecule has 0 saturated heterocycles. The SMILES string of the molecule is COC(=O)c1cc(C(F)(F)F)nn1Cc1c(F)cccc1F. The van der Waals surface area contributed by atoms with E-state index in [1.165, 1.54) is 0 Å².